The fourth-order valence-electron chi connectivity index (χ4n) is 4.02. The molecule has 2 atom stereocenters. The van der Waals surface area contributed by atoms with Crippen molar-refractivity contribution < 1.29 is 24.5 Å². The van der Waals surface area contributed by atoms with Crippen molar-refractivity contribution in [2.45, 2.75) is 19.4 Å². The summed E-state index contributed by atoms with van der Waals surface area (Å²) >= 11 is 0. The third-order valence-electron chi connectivity index (χ3n) is 5.32. The van der Waals surface area contributed by atoms with Crippen LogP contribution in [0.15, 0.2) is 30.9 Å². The summed E-state index contributed by atoms with van der Waals surface area (Å²) in [7, 11) is 1.61. The van der Waals surface area contributed by atoms with Crippen LogP contribution in [-0.4, -0.2) is 47.3 Å². The summed E-state index contributed by atoms with van der Waals surface area (Å²) in [5.74, 6) is -1.23. The molecule has 0 amide bonds. The fourth-order valence-corrected chi connectivity index (χ4v) is 4.02. The van der Waals surface area contributed by atoms with Crippen LogP contribution in [0.25, 0.3) is 0 Å². The zero-order chi connectivity index (χ0) is 17.5. The summed E-state index contributed by atoms with van der Waals surface area (Å²) in [6.07, 6.45) is 2.70. The van der Waals surface area contributed by atoms with E-state index in [1.807, 2.05) is 23.1 Å². The lowest BCUT2D eigenvalue weighted by Gasteiger charge is -2.20. The van der Waals surface area contributed by atoms with Crippen LogP contribution >= 0.6 is 0 Å². The van der Waals surface area contributed by atoms with Crippen LogP contribution in [-0.2, 0) is 22.6 Å². The molecule has 0 aromatic heterocycles. The molecule has 0 unspecified atom stereocenters. The maximum Gasteiger partial charge on any atom is 0.312 e. The molecule has 6 heteroatoms. The molecule has 2 fully saturated rings. The van der Waals surface area contributed by atoms with Crippen molar-refractivity contribution in [3.8, 4) is 5.75 Å². The third kappa shape index (κ3) is 2.29. The van der Waals surface area contributed by atoms with Gasteiger partial charge >= 0.3 is 11.9 Å². The molecule has 1 aliphatic carbocycles. The number of rotatable bonds is 7. The SMILES string of the molecule is C=CCc1cc(CN2C[C@@]3(C(=O)O)C[C@@]3(C(=O)O)C2)ccc1OC. The van der Waals surface area contributed by atoms with Crippen molar-refractivity contribution in [3.63, 3.8) is 0 Å². The summed E-state index contributed by atoms with van der Waals surface area (Å²) in [5.41, 5.74) is -0.241. The Labute approximate surface area is 140 Å². The summed E-state index contributed by atoms with van der Waals surface area (Å²) in [5, 5.41) is 19.0. The van der Waals surface area contributed by atoms with Gasteiger partial charge in [-0.3, -0.25) is 14.5 Å². The Morgan fingerprint density at radius 1 is 1.29 bits per heavy atom. The highest BCUT2D eigenvalue weighted by Crippen LogP contribution is 2.68. The predicted octanol–water partition coefficient (Wildman–Crippen LogP) is 1.78. The van der Waals surface area contributed by atoms with E-state index in [-0.39, 0.29) is 19.5 Å². The molecule has 24 heavy (non-hydrogen) atoms. The van der Waals surface area contributed by atoms with Crippen LogP contribution in [0.5, 0.6) is 5.75 Å². The molecule has 3 rings (SSSR count). The highest BCUT2D eigenvalue weighted by atomic mass is 16.5. The number of aliphatic carboxylic acids is 2. The molecule has 1 saturated heterocycles. The maximum absolute atomic E-state index is 11.6. The second kappa shape index (κ2) is 5.63. The highest BCUT2D eigenvalue weighted by molar-refractivity contribution is 5.94. The number of allylic oxidation sites excluding steroid dienone is 1. The Morgan fingerprint density at radius 2 is 1.92 bits per heavy atom. The molecule has 0 spiro atoms. The minimum absolute atomic E-state index is 0.228. The maximum atomic E-state index is 11.6. The van der Waals surface area contributed by atoms with Crippen molar-refractivity contribution in [3.05, 3.63) is 42.0 Å². The largest absolute Gasteiger partial charge is 0.496 e. The number of carboxylic acid groups (broad SMARTS) is 2. The van der Waals surface area contributed by atoms with Crippen LogP contribution in [0.3, 0.4) is 0 Å². The zero-order valence-corrected chi connectivity index (χ0v) is 13.6. The molecule has 1 aromatic carbocycles. The third-order valence-corrected chi connectivity index (χ3v) is 5.32. The normalized spacial score (nSPS) is 28.2. The Morgan fingerprint density at radius 3 is 2.42 bits per heavy atom. The van der Waals surface area contributed by atoms with Gasteiger partial charge in [0.05, 0.1) is 17.9 Å². The molecule has 2 N–H and O–H groups in total. The number of carboxylic acids is 2. The molecular formula is C18H21NO5. The zero-order valence-electron chi connectivity index (χ0n) is 13.6. The number of benzene rings is 1. The van der Waals surface area contributed by atoms with Crippen molar-refractivity contribution in [1.29, 1.82) is 0 Å². The Bertz CT molecular complexity index is 687. The number of nitrogens with zero attached hydrogens (tertiary/aromatic N) is 1. The topological polar surface area (TPSA) is 87.1 Å². The van der Waals surface area contributed by atoms with Gasteiger partial charge in [0.2, 0.25) is 0 Å². The second-order valence-electron chi connectivity index (χ2n) is 6.74. The van der Waals surface area contributed by atoms with E-state index in [0.717, 1.165) is 16.9 Å². The van der Waals surface area contributed by atoms with Crippen LogP contribution in [0.2, 0.25) is 0 Å². The van der Waals surface area contributed by atoms with Crippen molar-refractivity contribution in [2.24, 2.45) is 10.8 Å². The highest BCUT2D eigenvalue weighted by Gasteiger charge is 2.80. The number of likely N-dealkylation sites (tertiary alicyclic amines) is 1. The van der Waals surface area contributed by atoms with E-state index in [1.54, 1.807) is 13.2 Å². The second-order valence-corrected chi connectivity index (χ2v) is 6.74. The predicted molar refractivity (Wildman–Crippen MR) is 86.9 cm³/mol. The van der Waals surface area contributed by atoms with E-state index in [1.165, 1.54) is 0 Å². The van der Waals surface area contributed by atoms with Gasteiger partial charge < -0.3 is 14.9 Å². The van der Waals surface area contributed by atoms with Gasteiger partial charge in [-0.2, -0.15) is 0 Å². The lowest BCUT2D eigenvalue weighted by molar-refractivity contribution is -0.151. The number of hydrogen-bond donors (Lipinski definition) is 2. The van der Waals surface area contributed by atoms with Crippen LogP contribution in [0.1, 0.15) is 17.5 Å². The van der Waals surface area contributed by atoms with Crippen LogP contribution in [0.4, 0.5) is 0 Å². The number of fused-ring (bicyclic) bond motifs is 1. The molecule has 1 saturated carbocycles. The van der Waals surface area contributed by atoms with Gasteiger partial charge in [-0.1, -0.05) is 18.2 Å². The van der Waals surface area contributed by atoms with E-state index in [2.05, 4.69) is 6.58 Å². The molecular weight excluding hydrogens is 310 g/mol. The van der Waals surface area contributed by atoms with E-state index in [4.69, 9.17) is 4.74 Å². The van der Waals surface area contributed by atoms with Gasteiger partial charge in [0, 0.05) is 19.6 Å². The van der Waals surface area contributed by atoms with Crippen molar-refractivity contribution in [1.82, 2.24) is 4.90 Å². The molecule has 1 aliphatic heterocycles. The van der Waals surface area contributed by atoms with Crippen LogP contribution in [0, 0.1) is 10.8 Å². The van der Waals surface area contributed by atoms with Gasteiger partial charge in [0.1, 0.15) is 5.75 Å². The van der Waals surface area contributed by atoms with E-state index >= 15 is 0 Å². The standard InChI is InChI=1S/C18H21NO5/c1-3-4-13-7-12(5-6-14(13)24-2)8-19-10-17(15(20)21)9-18(17,11-19)16(22)23/h3,5-7H,1,4,8-11H2,2H3,(H,20,21)(H,22,23)/t17-,18+. The lowest BCUT2D eigenvalue weighted by atomic mass is 9.97. The minimum Gasteiger partial charge on any atom is -0.496 e. The minimum atomic E-state index is -1.13. The first kappa shape index (κ1) is 16.5. The molecule has 0 radical (unpaired) electrons. The Hall–Kier alpha value is -2.34. The van der Waals surface area contributed by atoms with Gasteiger partial charge in [-0.25, -0.2) is 0 Å². The van der Waals surface area contributed by atoms with Gasteiger partial charge in [0.25, 0.3) is 0 Å². The van der Waals surface area contributed by atoms with E-state index in [0.29, 0.717) is 13.0 Å². The molecule has 1 aromatic rings. The number of methoxy groups -OCH3 is 1. The first-order chi connectivity index (χ1) is 11.4. The Kier molecular flexibility index (Phi) is 3.87. The Balaban J connectivity index is 1.79. The van der Waals surface area contributed by atoms with Gasteiger partial charge in [-0.15, -0.1) is 6.58 Å². The first-order valence-corrected chi connectivity index (χ1v) is 7.84. The summed E-state index contributed by atoms with van der Waals surface area (Å²) in [6.45, 7) is 4.82. The van der Waals surface area contributed by atoms with Crippen molar-refractivity contribution in [2.75, 3.05) is 20.2 Å². The van der Waals surface area contributed by atoms with E-state index < -0.39 is 22.8 Å². The van der Waals surface area contributed by atoms with E-state index in [9.17, 15) is 19.8 Å². The average Bonchev–Trinajstić information content (AvgIpc) is 3.08. The average molecular weight is 331 g/mol. The first-order valence-electron chi connectivity index (χ1n) is 7.84. The number of carbonyl (C=O) groups is 2. The molecule has 2 aliphatic rings. The quantitative estimate of drug-likeness (QED) is 0.741. The van der Waals surface area contributed by atoms with Gasteiger partial charge in [0.15, 0.2) is 0 Å². The monoisotopic (exact) mass is 331 g/mol. The lowest BCUT2D eigenvalue weighted by Crippen LogP contribution is -2.28. The molecule has 6 nitrogen and oxygen atoms in total. The molecule has 128 valence electrons. The number of ether oxygens (including phenoxy) is 1. The summed E-state index contributed by atoms with van der Waals surface area (Å²) < 4.78 is 5.33. The number of hydrogen-bond acceptors (Lipinski definition) is 4. The number of piperidine rings is 1. The van der Waals surface area contributed by atoms with Gasteiger partial charge in [-0.05, 0) is 30.0 Å². The summed E-state index contributed by atoms with van der Waals surface area (Å²) in [4.78, 5) is 25.1. The van der Waals surface area contributed by atoms with Crippen molar-refractivity contribution >= 4 is 11.9 Å². The summed E-state index contributed by atoms with van der Waals surface area (Å²) in [6, 6.07) is 5.81. The van der Waals surface area contributed by atoms with Crippen LogP contribution < -0.4 is 4.74 Å². The molecule has 0 bridgehead atoms. The fraction of sp³-hybridized carbons (Fsp3) is 0.444. The molecule has 1 heterocycles. The smallest absolute Gasteiger partial charge is 0.312 e.